The Bertz CT molecular complexity index is 686. The summed E-state index contributed by atoms with van der Waals surface area (Å²) in [7, 11) is 0. The molecule has 0 saturated carbocycles. The van der Waals surface area contributed by atoms with Crippen molar-refractivity contribution in [1.29, 1.82) is 0 Å². The lowest BCUT2D eigenvalue weighted by Crippen LogP contribution is -2.00. The van der Waals surface area contributed by atoms with Crippen molar-refractivity contribution in [1.82, 2.24) is 9.97 Å². The summed E-state index contributed by atoms with van der Waals surface area (Å²) in [5.41, 5.74) is 7.49. The van der Waals surface area contributed by atoms with E-state index < -0.39 is 4.92 Å². The summed E-state index contributed by atoms with van der Waals surface area (Å²) >= 11 is 0. The second kappa shape index (κ2) is 5.12. The number of aromatic nitrogens is 2. The van der Waals surface area contributed by atoms with Crippen LogP contribution in [-0.2, 0) is 0 Å². The molecule has 20 heavy (non-hydrogen) atoms. The Labute approximate surface area is 115 Å². The van der Waals surface area contributed by atoms with Gasteiger partial charge in [-0.3, -0.25) is 10.1 Å². The molecule has 2 rings (SSSR count). The van der Waals surface area contributed by atoms with Gasteiger partial charge in [-0.25, -0.2) is 4.98 Å². The lowest BCUT2D eigenvalue weighted by molar-refractivity contribution is -0.385. The number of nitro benzene ring substituents is 1. The predicted octanol–water partition coefficient (Wildman–Crippen LogP) is 2.68. The molecule has 0 bridgehead atoms. The first-order chi connectivity index (χ1) is 9.38. The zero-order chi connectivity index (χ0) is 14.9. The van der Waals surface area contributed by atoms with Gasteiger partial charge in [0.2, 0.25) is 11.8 Å². The van der Waals surface area contributed by atoms with Crippen LogP contribution in [0.5, 0.6) is 11.6 Å². The van der Waals surface area contributed by atoms with Crippen LogP contribution in [0.15, 0.2) is 18.3 Å². The number of aryl methyl sites for hydroxylation is 3. The van der Waals surface area contributed by atoms with E-state index in [4.69, 9.17) is 10.5 Å². The van der Waals surface area contributed by atoms with Gasteiger partial charge in [0.05, 0.1) is 4.92 Å². The largest absolute Gasteiger partial charge is 0.438 e. The number of rotatable bonds is 3. The summed E-state index contributed by atoms with van der Waals surface area (Å²) in [5.74, 6) is 0.963. The van der Waals surface area contributed by atoms with Crippen LogP contribution in [0, 0.1) is 30.9 Å². The van der Waals surface area contributed by atoms with Crippen molar-refractivity contribution >= 4 is 11.6 Å². The highest BCUT2D eigenvalue weighted by molar-refractivity contribution is 5.50. The second-order valence-corrected chi connectivity index (χ2v) is 4.48. The molecular formula is C13H14N4O3. The van der Waals surface area contributed by atoms with Crippen molar-refractivity contribution in [2.45, 2.75) is 20.8 Å². The van der Waals surface area contributed by atoms with Crippen LogP contribution in [0.1, 0.15) is 16.7 Å². The molecule has 0 radical (unpaired) electrons. The van der Waals surface area contributed by atoms with E-state index in [2.05, 4.69) is 9.97 Å². The lowest BCUT2D eigenvalue weighted by atomic mass is 10.1. The van der Waals surface area contributed by atoms with E-state index >= 15 is 0 Å². The third kappa shape index (κ3) is 2.66. The number of nitro groups is 1. The molecule has 0 aliphatic rings. The maximum Gasteiger partial charge on any atom is 0.272 e. The van der Waals surface area contributed by atoms with Crippen LogP contribution in [0.4, 0.5) is 11.6 Å². The molecule has 0 unspecified atom stereocenters. The number of nitrogens with zero attached hydrogens (tertiary/aromatic N) is 3. The minimum Gasteiger partial charge on any atom is -0.438 e. The standard InChI is InChI=1S/C13H14N4O3/c1-7-5-11(8(2)4-10(7)17(18)19)20-12-9(3)6-15-13(14)16-12/h4-6H,1-3H3,(H2,14,15,16). The zero-order valence-electron chi connectivity index (χ0n) is 11.4. The molecule has 0 fully saturated rings. The van der Waals surface area contributed by atoms with E-state index in [0.29, 0.717) is 22.8 Å². The first kappa shape index (κ1) is 13.7. The second-order valence-electron chi connectivity index (χ2n) is 4.48. The molecule has 104 valence electrons. The Hall–Kier alpha value is -2.70. The molecular weight excluding hydrogens is 260 g/mol. The molecule has 0 atom stereocenters. The summed E-state index contributed by atoms with van der Waals surface area (Å²) in [4.78, 5) is 18.3. The number of nitrogens with two attached hydrogens (primary N) is 1. The van der Waals surface area contributed by atoms with Crippen molar-refractivity contribution in [3.63, 3.8) is 0 Å². The van der Waals surface area contributed by atoms with Crippen LogP contribution in [0.25, 0.3) is 0 Å². The molecule has 1 aromatic carbocycles. The smallest absolute Gasteiger partial charge is 0.272 e. The molecule has 2 aromatic rings. The Balaban J connectivity index is 2.42. The number of ether oxygens (including phenoxy) is 1. The lowest BCUT2D eigenvalue weighted by Gasteiger charge is -2.11. The number of benzene rings is 1. The summed E-state index contributed by atoms with van der Waals surface area (Å²) < 4.78 is 5.68. The van der Waals surface area contributed by atoms with Crippen molar-refractivity contribution < 1.29 is 9.66 Å². The minimum absolute atomic E-state index is 0.0637. The van der Waals surface area contributed by atoms with Gasteiger partial charge < -0.3 is 10.5 Å². The highest BCUT2D eigenvalue weighted by Gasteiger charge is 2.15. The molecule has 0 aliphatic carbocycles. The van der Waals surface area contributed by atoms with Gasteiger partial charge >= 0.3 is 0 Å². The normalized spacial score (nSPS) is 10.3. The van der Waals surface area contributed by atoms with Gasteiger partial charge in [-0.1, -0.05) is 0 Å². The molecule has 7 heteroatoms. The molecule has 0 aliphatic heterocycles. The topological polar surface area (TPSA) is 104 Å². The van der Waals surface area contributed by atoms with E-state index in [0.717, 1.165) is 5.56 Å². The van der Waals surface area contributed by atoms with Gasteiger partial charge in [0.25, 0.3) is 5.69 Å². The zero-order valence-corrected chi connectivity index (χ0v) is 11.4. The highest BCUT2D eigenvalue weighted by atomic mass is 16.6. The number of anilines is 1. The van der Waals surface area contributed by atoms with Crippen LogP contribution in [0.3, 0.4) is 0 Å². The van der Waals surface area contributed by atoms with Crippen molar-refractivity contribution in [3.8, 4) is 11.6 Å². The van der Waals surface area contributed by atoms with Crippen LogP contribution >= 0.6 is 0 Å². The molecule has 1 heterocycles. The Kier molecular flexibility index (Phi) is 3.51. The first-order valence-corrected chi connectivity index (χ1v) is 5.91. The fraction of sp³-hybridized carbons (Fsp3) is 0.231. The average Bonchev–Trinajstić information content (AvgIpc) is 2.37. The van der Waals surface area contributed by atoms with Crippen molar-refractivity contribution in [2.75, 3.05) is 5.73 Å². The first-order valence-electron chi connectivity index (χ1n) is 5.91. The SMILES string of the molecule is Cc1cc([N+](=O)[O-])c(C)cc1Oc1nc(N)ncc1C. The highest BCUT2D eigenvalue weighted by Crippen LogP contribution is 2.31. The average molecular weight is 274 g/mol. The molecule has 7 nitrogen and oxygen atoms in total. The van der Waals surface area contributed by atoms with Crippen molar-refractivity contribution in [3.05, 3.63) is 45.1 Å². The predicted molar refractivity (Wildman–Crippen MR) is 73.8 cm³/mol. The molecule has 1 aromatic heterocycles. The van der Waals surface area contributed by atoms with E-state index in [1.54, 1.807) is 33.0 Å². The van der Waals surface area contributed by atoms with Crippen LogP contribution in [-0.4, -0.2) is 14.9 Å². The van der Waals surface area contributed by atoms with E-state index in [1.807, 2.05) is 0 Å². The van der Waals surface area contributed by atoms with Gasteiger partial charge in [-0.15, -0.1) is 0 Å². The van der Waals surface area contributed by atoms with Crippen LogP contribution in [0.2, 0.25) is 0 Å². The monoisotopic (exact) mass is 274 g/mol. The van der Waals surface area contributed by atoms with Crippen LogP contribution < -0.4 is 10.5 Å². The summed E-state index contributed by atoms with van der Waals surface area (Å²) in [6.07, 6.45) is 1.56. The van der Waals surface area contributed by atoms with Gasteiger partial charge in [0.1, 0.15) is 5.75 Å². The minimum atomic E-state index is -0.417. The van der Waals surface area contributed by atoms with Gasteiger partial charge in [-0.2, -0.15) is 4.98 Å². The third-order valence-corrected chi connectivity index (χ3v) is 2.84. The van der Waals surface area contributed by atoms with Gasteiger partial charge in [-0.05, 0) is 32.4 Å². The Morgan fingerprint density at radius 1 is 1.20 bits per heavy atom. The molecule has 2 N–H and O–H groups in total. The maximum atomic E-state index is 10.9. The Morgan fingerprint density at radius 3 is 2.55 bits per heavy atom. The number of hydrogen-bond acceptors (Lipinski definition) is 6. The summed E-state index contributed by atoms with van der Waals surface area (Å²) in [6.45, 7) is 5.19. The quantitative estimate of drug-likeness (QED) is 0.681. The molecule has 0 saturated heterocycles. The van der Waals surface area contributed by atoms with E-state index in [9.17, 15) is 10.1 Å². The Morgan fingerprint density at radius 2 is 1.90 bits per heavy atom. The number of hydrogen-bond donors (Lipinski definition) is 1. The molecule has 0 amide bonds. The van der Waals surface area contributed by atoms with Gasteiger partial charge in [0.15, 0.2) is 0 Å². The van der Waals surface area contributed by atoms with E-state index in [1.165, 1.54) is 6.07 Å². The fourth-order valence-electron chi connectivity index (χ4n) is 1.73. The van der Waals surface area contributed by atoms with Gasteiger partial charge in [0, 0.05) is 23.4 Å². The fourth-order valence-corrected chi connectivity index (χ4v) is 1.73. The van der Waals surface area contributed by atoms with Crippen molar-refractivity contribution in [2.24, 2.45) is 0 Å². The van der Waals surface area contributed by atoms with E-state index in [-0.39, 0.29) is 11.6 Å². The summed E-state index contributed by atoms with van der Waals surface area (Å²) in [6, 6.07) is 3.09. The maximum absolute atomic E-state index is 10.9. The molecule has 0 spiro atoms. The summed E-state index contributed by atoms with van der Waals surface area (Å²) in [5, 5.41) is 10.9. The number of nitrogen functional groups attached to an aromatic ring is 1. The third-order valence-electron chi connectivity index (χ3n) is 2.84.